The minimum absolute atomic E-state index is 0.0380. The van der Waals surface area contributed by atoms with E-state index in [1.807, 2.05) is 13.8 Å². The summed E-state index contributed by atoms with van der Waals surface area (Å²) in [4.78, 5) is 39.4. The monoisotopic (exact) mass is 1080 g/mol. The van der Waals surface area contributed by atoms with E-state index in [0.29, 0.717) is 44.1 Å². The van der Waals surface area contributed by atoms with E-state index in [-0.39, 0.29) is 23.7 Å². The van der Waals surface area contributed by atoms with Gasteiger partial charge in [0.15, 0.2) is 25.0 Å². The molecule has 0 aromatic rings. The van der Waals surface area contributed by atoms with Gasteiger partial charge in [-0.1, -0.05) is 66.2 Å². The first-order chi connectivity index (χ1) is 35.4. The fourth-order valence-electron chi connectivity index (χ4n) is 15.9. The van der Waals surface area contributed by atoms with Gasteiger partial charge in [-0.05, 0) is 98.2 Å². The molecule has 0 amide bonds. The highest BCUT2D eigenvalue weighted by molar-refractivity contribution is 5.87. The third-order valence-electron chi connectivity index (χ3n) is 20.5. The first-order valence-corrected chi connectivity index (χ1v) is 26.9. The zero-order valence-electron chi connectivity index (χ0n) is 45.3. The molecule has 25 atom stereocenters. The van der Waals surface area contributed by atoms with Crippen LogP contribution in [0.1, 0.15) is 114 Å². The third-order valence-corrected chi connectivity index (χ3v) is 20.5. The highest BCUT2D eigenvalue weighted by Gasteiger charge is 2.74. The number of carbonyl (C=O) groups is 3. The van der Waals surface area contributed by atoms with Gasteiger partial charge in [-0.15, -0.1) is 0 Å². The standard InChI is InChI=1S/C54H84O22/c1-11-23(2)45(68)76-42-43(70-24(3)57)54(22-56)26(18-49(42,4)5)25-12-13-30-51(8)16-15-32(50(6,7)29(51)14-17-52(30,9)53(25,10)19-31(54)59)72-48-40(74-46-36(63)33(60)27(58)21-69-46)38(65)39(41(75-48)44(66)67)73-47-37(64)35(62)34(61)28(20-55)71-47/h11-12,26-43,46-48,55-56,58-65H,13-22H2,1-10H3,(H,66,67)/b23-11+/t26-,27+,28+,29?,30?,31+,32-,33-,34-,35-,36+,37+,38-,39-,40+,41-,42-,43-,46-,47-,48+,51-,52+,53+,54-/m0/s1. The first kappa shape index (κ1) is 59.4. The van der Waals surface area contributed by atoms with Gasteiger partial charge in [0.25, 0.3) is 0 Å². The lowest BCUT2D eigenvalue weighted by Gasteiger charge is -2.72. The van der Waals surface area contributed by atoms with Crippen LogP contribution in [0.2, 0.25) is 0 Å². The van der Waals surface area contributed by atoms with Crippen molar-refractivity contribution < 1.29 is 108 Å². The molecule has 5 aliphatic carbocycles. The van der Waals surface area contributed by atoms with E-state index in [1.54, 1.807) is 19.9 Å². The number of hydrogen-bond donors (Lipinski definition) is 11. The highest BCUT2D eigenvalue weighted by Crippen LogP contribution is 2.76. The van der Waals surface area contributed by atoms with E-state index in [9.17, 15) is 70.6 Å². The Labute approximate surface area is 443 Å². The molecule has 0 aromatic carbocycles. The molecule has 0 aromatic heterocycles. The van der Waals surface area contributed by atoms with Crippen molar-refractivity contribution >= 4 is 17.9 Å². The molecule has 3 saturated heterocycles. The molecule has 22 heteroatoms. The Bertz CT molecular complexity index is 2220. The number of allylic oxidation sites excluding steroid dienone is 3. The van der Waals surface area contributed by atoms with Gasteiger partial charge in [0.2, 0.25) is 0 Å². The molecular weight excluding hydrogens is 1000 g/mol. The minimum atomic E-state index is -2.05. The summed E-state index contributed by atoms with van der Waals surface area (Å²) in [6.45, 7) is 17.6. The quantitative estimate of drug-likeness (QED) is 0.0543. The molecule has 22 nitrogen and oxygen atoms in total. The van der Waals surface area contributed by atoms with E-state index >= 15 is 0 Å². The number of carboxylic acid groups (broad SMARTS) is 1. The van der Waals surface area contributed by atoms with Crippen molar-refractivity contribution in [2.45, 2.75) is 225 Å². The molecule has 76 heavy (non-hydrogen) atoms. The highest BCUT2D eigenvalue weighted by atomic mass is 16.8. The van der Waals surface area contributed by atoms with Crippen LogP contribution in [0.25, 0.3) is 0 Å². The van der Waals surface area contributed by atoms with Gasteiger partial charge in [0.05, 0.1) is 37.4 Å². The third kappa shape index (κ3) is 9.42. The Morgan fingerprint density at radius 3 is 2.00 bits per heavy atom. The number of esters is 2. The smallest absolute Gasteiger partial charge is 0.335 e. The van der Waals surface area contributed by atoms with Gasteiger partial charge in [0, 0.05) is 17.9 Å². The number of fused-ring (bicyclic) bond motifs is 7. The van der Waals surface area contributed by atoms with Crippen molar-refractivity contribution in [3.8, 4) is 0 Å². The van der Waals surface area contributed by atoms with Crippen molar-refractivity contribution in [2.24, 2.45) is 50.2 Å². The van der Waals surface area contributed by atoms with Crippen molar-refractivity contribution in [2.75, 3.05) is 19.8 Å². The summed E-state index contributed by atoms with van der Waals surface area (Å²) in [6, 6.07) is 0. The predicted octanol–water partition coefficient (Wildman–Crippen LogP) is 0.346. The number of ether oxygens (including phenoxy) is 8. The summed E-state index contributed by atoms with van der Waals surface area (Å²) in [5, 5.41) is 120. The zero-order valence-corrected chi connectivity index (χ0v) is 45.3. The Morgan fingerprint density at radius 1 is 0.724 bits per heavy atom. The average Bonchev–Trinajstić information content (AvgIpc) is 3.45. The van der Waals surface area contributed by atoms with Crippen LogP contribution in [0.4, 0.5) is 0 Å². The molecule has 3 aliphatic heterocycles. The predicted molar refractivity (Wildman–Crippen MR) is 262 cm³/mol. The molecule has 2 unspecified atom stereocenters. The lowest BCUT2D eigenvalue weighted by atomic mass is 9.33. The van der Waals surface area contributed by atoms with Crippen LogP contribution in [0, 0.1) is 50.2 Å². The van der Waals surface area contributed by atoms with E-state index < -0.39 is 181 Å². The minimum Gasteiger partial charge on any atom is -0.479 e. The van der Waals surface area contributed by atoms with Gasteiger partial charge in [-0.25, -0.2) is 9.59 Å². The topological polar surface area (TPSA) is 348 Å². The summed E-state index contributed by atoms with van der Waals surface area (Å²) in [5.41, 5.74) is -2.80. The maximum Gasteiger partial charge on any atom is 0.335 e. The number of aliphatic carboxylic acids is 1. The average molecular weight is 1090 g/mol. The molecule has 8 rings (SSSR count). The van der Waals surface area contributed by atoms with Crippen LogP contribution in [0.15, 0.2) is 23.3 Å². The van der Waals surface area contributed by atoms with Gasteiger partial charge in [0.1, 0.15) is 73.2 Å². The summed E-state index contributed by atoms with van der Waals surface area (Å²) < 4.78 is 48.2. The molecule has 0 spiro atoms. The van der Waals surface area contributed by atoms with E-state index in [2.05, 4.69) is 40.7 Å². The molecule has 4 saturated carbocycles. The molecular formula is C54H84O22. The van der Waals surface area contributed by atoms with Crippen molar-refractivity contribution in [3.05, 3.63) is 23.3 Å². The van der Waals surface area contributed by atoms with E-state index in [4.69, 9.17) is 37.9 Å². The number of carbonyl (C=O) groups excluding carboxylic acids is 2. The van der Waals surface area contributed by atoms with E-state index in [0.717, 1.165) is 5.57 Å². The van der Waals surface area contributed by atoms with Gasteiger partial charge in [-0.3, -0.25) is 4.79 Å². The van der Waals surface area contributed by atoms with E-state index in [1.165, 1.54) is 6.92 Å². The first-order valence-electron chi connectivity index (χ1n) is 26.9. The molecule has 8 aliphatic rings. The van der Waals surface area contributed by atoms with Crippen LogP contribution < -0.4 is 0 Å². The summed E-state index contributed by atoms with van der Waals surface area (Å²) in [6.07, 6.45) is -21.8. The van der Waals surface area contributed by atoms with Crippen LogP contribution in [-0.4, -0.2) is 204 Å². The van der Waals surface area contributed by atoms with Gasteiger partial charge >= 0.3 is 17.9 Å². The molecule has 432 valence electrons. The largest absolute Gasteiger partial charge is 0.479 e. The van der Waals surface area contributed by atoms with Crippen LogP contribution >= 0.6 is 0 Å². The van der Waals surface area contributed by atoms with Crippen molar-refractivity contribution in [1.29, 1.82) is 0 Å². The Balaban J connectivity index is 1.09. The van der Waals surface area contributed by atoms with Crippen LogP contribution in [-0.2, 0) is 52.3 Å². The molecule has 3 heterocycles. The zero-order chi connectivity index (χ0) is 56.2. The van der Waals surface area contributed by atoms with Crippen molar-refractivity contribution in [1.82, 2.24) is 0 Å². The second-order valence-electron chi connectivity index (χ2n) is 25.2. The number of hydrogen-bond acceptors (Lipinski definition) is 21. The second kappa shape index (κ2) is 21.3. The maximum atomic E-state index is 13.4. The number of rotatable bonds is 12. The number of aliphatic hydroxyl groups is 10. The Morgan fingerprint density at radius 2 is 1.38 bits per heavy atom. The van der Waals surface area contributed by atoms with Crippen molar-refractivity contribution in [3.63, 3.8) is 0 Å². The molecule has 7 fully saturated rings. The fraction of sp³-hybridized carbons (Fsp3) is 0.870. The second-order valence-corrected chi connectivity index (χ2v) is 25.2. The number of carboxylic acids is 1. The molecule has 0 radical (unpaired) electrons. The lowest BCUT2D eigenvalue weighted by molar-refractivity contribution is -0.386. The Hall–Kier alpha value is -2.75. The normalized spacial score (nSPS) is 49.9. The van der Waals surface area contributed by atoms with Crippen LogP contribution in [0.5, 0.6) is 0 Å². The summed E-state index contributed by atoms with van der Waals surface area (Å²) in [7, 11) is 0. The van der Waals surface area contributed by atoms with Gasteiger partial charge < -0.3 is 94.1 Å². The fourth-order valence-corrected chi connectivity index (χ4v) is 15.9. The summed E-state index contributed by atoms with van der Waals surface area (Å²) >= 11 is 0. The molecule has 11 N–H and O–H groups in total. The summed E-state index contributed by atoms with van der Waals surface area (Å²) in [5.74, 6) is -3.30. The van der Waals surface area contributed by atoms with Gasteiger partial charge in [-0.2, -0.15) is 0 Å². The van der Waals surface area contributed by atoms with Crippen LogP contribution in [0.3, 0.4) is 0 Å². The molecule has 0 bridgehead atoms. The SMILES string of the molecule is C/C=C(\C)C(=O)O[C@H]1[C@H](OC(C)=O)[C@]2(CO)[C@H](O)C[C@]3(C)C(=CCC4[C@@]5(C)CC[C@H](O[C@@H]6O[C@H](C(=O)O)[C@@H](O[C@@H]7O[C@H](CO)[C@H](O)[C@H](O)[C@H]7O)[C@H](O)[C@H]6O[C@@H]6OC[C@@H](O)[C@H](O)[C@H]6O)C(C)(C)C5CC[C@]43C)[C@@H]2CC1(C)C. The maximum absolute atomic E-state index is 13.4. The lowest BCUT2D eigenvalue weighted by Crippen LogP contribution is -2.72. The number of aliphatic hydroxyl groups excluding tert-OH is 10. The Kier molecular flexibility index (Phi) is 16.6.